The summed E-state index contributed by atoms with van der Waals surface area (Å²) in [7, 11) is 0. The molecule has 17 heavy (non-hydrogen) atoms. The summed E-state index contributed by atoms with van der Waals surface area (Å²) in [5.74, 6) is 0.303. The maximum atomic E-state index is 10.5. The van der Waals surface area contributed by atoms with E-state index in [4.69, 9.17) is 8.97 Å². The number of fused-ring (bicyclic) bond motifs is 3. The molecule has 4 nitrogen and oxygen atoms in total. The maximum Gasteiger partial charge on any atom is 0.357 e. The van der Waals surface area contributed by atoms with Crippen molar-refractivity contribution in [1.29, 1.82) is 0 Å². The highest BCUT2D eigenvalue weighted by molar-refractivity contribution is 7.74. The van der Waals surface area contributed by atoms with Crippen LogP contribution in [0.4, 0.5) is 0 Å². The van der Waals surface area contributed by atoms with Crippen LogP contribution in [0.3, 0.4) is 0 Å². The van der Waals surface area contributed by atoms with Crippen molar-refractivity contribution >= 4 is 33.3 Å². The van der Waals surface area contributed by atoms with Gasteiger partial charge in [-0.2, -0.15) is 4.21 Å². The van der Waals surface area contributed by atoms with Crippen molar-refractivity contribution in [2.24, 2.45) is 0 Å². The van der Waals surface area contributed by atoms with Gasteiger partial charge in [0.2, 0.25) is 0 Å². The summed E-state index contributed by atoms with van der Waals surface area (Å²) in [6.45, 7) is 0. The second-order valence-electron chi connectivity index (χ2n) is 3.56. The number of rotatable bonds is 2. The van der Waals surface area contributed by atoms with Crippen molar-refractivity contribution in [1.82, 2.24) is 0 Å². The smallest absolute Gasteiger partial charge is 0.357 e. The quantitative estimate of drug-likeness (QED) is 0.708. The van der Waals surface area contributed by atoms with Crippen LogP contribution in [0.15, 0.2) is 46.9 Å². The molecule has 1 heterocycles. The Balaban J connectivity index is 2.23. The molecule has 1 unspecified atom stereocenters. The van der Waals surface area contributed by atoms with Crippen LogP contribution in [-0.4, -0.2) is 8.76 Å². The van der Waals surface area contributed by atoms with Crippen LogP contribution in [0.25, 0.3) is 21.9 Å². The number of benzene rings is 2. The van der Waals surface area contributed by atoms with Crippen LogP contribution in [0.1, 0.15) is 0 Å². The lowest BCUT2D eigenvalue weighted by atomic mass is 10.1. The molecular weight excluding hydrogens is 240 g/mol. The molecule has 1 aromatic heterocycles. The fraction of sp³-hybridized carbons (Fsp3) is 0. The molecule has 0 spiro atoms. The van der Waals surface area contributed by atoms with Crippen LogP contribution in [-0.2, 0) is 11.4 Å². The zero-order valence-corrected chi connectivity index (χ0v) is 9.44. The molecule has 0 saturated carbocycles. The van der Waals surface area contributed by atoms with E-state index in [1.54, 1.807) is 12.1 Å². The zero-order valence-electron chi connectivity index (χ0n) is 8.62. The zero-order chi connectivity index (χ0) is 11.8. The molecule has 0 aliphatic carbocycles. The van der Waals surface area contributed by atoms with Crippen LogP contribution in [0, 0.1) is 0 Å². The van der Waals surface area contributed by atoms with Gasteiger partial charge in [-0.3, -0.25) is 4.55 Å². The first-order chi connectivity index (χ1) is 8.24. The maximum absolute atomic E-state index is 10.5. The van der Waals surface area contributed by atoms with E-state index in [0.717, 1.165) is 16.4 Å². The van der Waals surface area contributed by atoms with Crippen molar-refractivity contribution in [2.75, 3.05) is 0 Å². The van der Waals surface area contributed by atoms with E-state index in [1.807, 2.05) is 30.3 Å². The monoisotopic (exact) mass is 248 g/mol. The van der Waals surface area contributed by atoms with Gasteiger partial charge in [0.05, 0.1) is 0 Å². The van der Waals surface area contributed by atoms with Crippen LogP contribution in [0.5, 0.6) is 5.75 Å². The van der Waals surface area contributed by atoms with E-state index >= 15 is 0 Å². The Morgan fingerprint density at radius 2 is 1.82 bits per heavy atom. The molecule has 0 saturated heterocycles. The highest BCUT2D eigenvalue weighted by Crippen LogP contribution is 2.30. The first-order valence-corrected chi connectivity index (χ1v) is 5.98. The lowest BCUT2D eigenvalue weighted by molar-refractivity contribution is 0.458. The normalized spacial score (nSPS) is 13.0. The van der Waals surface area contributed by atoms with E-state index in [9.17, 15) is 4.21 Å². The summed E-state index contributed by atoms with van der Waals surface area (Å²) in [4.78, 5) is 0. The van der Waals surface area contributed by atoms with Gasteiger partial charge in [-0.15, -0.1) is 0 Å². The number of para-hydroxylation sites is 1. The molecule has 2 aromatic carbocycles. The van der Waals surface area contributed by atoms with E-state index in [2.05, 4.69) is 4.18 Å². The van der Waals surface area contributed by atoms with Gasteiger partial charge in [-0.05, 0) is 18.2 Å². The van der Waals surface area contributed by atoms with Crippen LogP contribution >= 0.6 is 0 Å². The molecule has 86 valence electrons. The second kappa shape index (κ2) is 3.87. The van der Waals surface area contributed by atoms with Gasteiger partial charge < -0.3 is 8.60 Å². The van der Waals surface area contributed by atoms with Crippen LogP contribution in [0.2, 0.25) is 0 Å². The summed E-state index contributed by atoms with van der Waals surface area (Å²) in [5.41, 5.74) is 1.42. The molecule has 3 aromatic rings. The van der Waals surface area contributed by atoms with Crippen molar-refractivity contribution in [3.63, 3.8) is 0 Å². The predicted molar refractivity (Wildman–Crippen MR) is 65.1 cm³/mol. The molecule has 1 N–H and O–H groups in total. The predicted octanol–water partition coefficient (Wildman–Crippen LogP) is 3.10. The lowest BCUT2D eigenvalue weighted by Crippen LogP contribution is -1.96. The Labute approximate surface area is 99.3 Å². The first-order valence-electron chi connectivity index (χ1n) is 4.94. The Morgan fingerprint density at radius 3 is 2.65 bits per heavy atom. The third kappa shape index (κ3) is 1.79. The second-order valence-corrected chi connectivity index (χ2v) is 4.16. The van der Waals surface area contributed by atoms with E-state index in [0.29, 0.717) is 11.3 Å². The summed E-state index contributed by atoms with van der Waals surface area (Å²) >= 11 is -2.32. The van der Waals surface area contributed by atoms with Crippen LogP contribution < -0.4 is 4.18 Å². The Morgan fingerprint density at radius 1 is 1.06 bits per heavy atom. The SMILES string of the molecule is O=S(O)Oc1ccc2c(c1)oc1ccccc12. The van der Waals surface area contributed by atoms with E-state index in [-0.39, 0.29) is 0 Å². The van der Waals surface area contributed by atoms with Crippen molar-refractivity contribution in [3.05, 3.63) is 42.5 Å². The van der Waals surface area contributed by atoms with Gasteiger partial charge in [0.15, 0.2) is 0 Å². The standard InChI is InChI=1S/C12H8O4S/c13-17(14)16-8-5-6-10-9-3-1-2-4-11(9)15-12(10)7-8/h1-7H,(H,13,14). The molecule has 0 amide bonds. The van der Waals surface area contributed by atoms with E-state index < -0.39 is 11.4 Å². The lowest BCUT2D eigenvalue weighted by Gasteiger charge is -1.98. The Hall–Kier alpha value is -1.85. The topological polar surface area (TPSA) is 59.7 Å². The number of hydrogen-bond acceptors (Lipinski definition) is 3. The molecule has 0 aliphatic rings. The highest BCUT2D eigenvalue weighted by atomic mass is 32.2. The number of hydrogen-bond donors (Lipinski definition) is 1. The first kappa shape index (κ1) is 10.3. The molecular formula is C12H8O4S. The summed E-state index contributed by atoms with van der Waals surface area (Å²) < 4.78 is 29.5. The summed E-state index contributed by atoms with van der Waals surface area (Å²) in [6.07, 6.45) is 0. The Kier molecular flexibility index (Phi) is 2.35. The van der Waals surface area contributed by atoms with Crippen molar-refractivity contribution in [3.8, 4) is 5.75 Å². The molecule has 5 heteroatoms. The fourth-order valence-corrected chi connectivity index (χ4v) is 2.11. The third-order valence-electron chi connectivity index (χ3n) is 2.52. The minimum absolute atomic E-state index is 0.303. The average Bonchev–Trinajstić information content (AvgIpc) is 2.65. The number of furan rings is 1. The van der Waals surface area contributed by atoms with Gasteiger partial charge in [-0.1, -0.05) is 18.2 Å². The minimum Gasteiger partial charge on any atom is -0.456 e. The van der Waals surface area contributed by atoms with Gasteiger partial charge in [0, 0.05) is 16.8 Å². The third-order valence-corrected chi connectivity index (χ3v) is 2.85. The van der Waals surface area contributed by atoms with Gasteiger partial charge in [-0.25, -0.2) is 0 Å². The molecule has 0 aliphatic heterocycles. The molecule has 0 fully saturated rings. The molecule has 3 rings (SSSR count). The molecule has 0 bridgehead atoms. The van der Waals surface area contributed by atoms with E-state index in [1.165, 1.54) is 0 Å². The largest absolute Gasteiger partial charge is 0.456 e. The molecule has 0 radical (unpaired) electrons. The van der Waals surface area contributed by atoms with Gasteiger partial charge in [0.1, 0.15) is 16.9 Å². The fourth-order valence-electron chi connectivity index (χ4n) is 1.84. The minimum atomic E-state index is -2.32. The van der Waals surface area contributed by atoms with Gasteiger partial charge in [0.25, 0.3) is 0 Å². The van der Waals surface area contributed by atoms with Crippen molar-refractivity contribution < 1.29 is 17.4 Å². The molecule has 1 atom stereocenters. The average molecular weight is 248 g/mol. The summed E-state index contributed by atoms with van der Waals surface area (Å²) in [6, 6.07) is 12.7. The summed E-state index contributed by atoms with van der Waals surface area (Å²) in [5, 5.41) is 1.97. The van der Waals surface area contributed by atoms with Gasteiger partial charge >= 0.3 is 11.4 Å². The Bertz CT molecular complexity index is 717. The van der Waals surface area contributed by atoms with Crippen molar-refractivity contribution in [2.45, 2.75) is 0 Å². The highest BCUT2D eigenvalue weighted by Gasteiger charge is 2.08.